The molecule has 38 heavy (non-hydrogen) atoms. The Bertz CT molecular complexity index is 1370. The highest BCUT2D eigenvalue weighted by Crippen LogP contribution is 2.53. The number of nitrogens with one attached hydrogen (secondary N) is 1. The van der Waals surface area contributed by atoms with Crippen LogP contribution in [0.15, 0.2) is 28.5 Å². The maximum Gasteiger partial charge on any atom is 0.226 e. The van der Waals surface area contributed by atoms with Crippen LogP contribution in [0.5, 0.6) is 11.5 Å². The van der Waals surface area contributed by atoms with E-state index in [4.69, 9.17) is 9.47 Å². The number of hydrogen-bond donors (Lipinski definition) is 2. The number of carbonyl (C=O) groups is 3. The summed E-state index contributed by atoms with van der Waals surface area (Å²) in [7, 11) is 4.80. The first-order valence-corrected chi connectivity index (χ1v) is 12.7. The van der Waals surface area contributed by atoms with Gasteiger partial charge in [-0.3, -0.25) is 24.2 Å². The van der Waals surface area contributed by atoms with Crippen molar-refractivity contribution in [2.75, 3.05) is 27.8 Å². The second-order valence-electron chi connectivity index (χ2n) is 10.5. The summed E-state index contributed by atoms with van der Waals surface area (Å²) in [6.45, 7) is 4.89. The molecular weight excluding hydrogens is 488 g/mol. The largest absolute Gasteiger partial charge is 0.504 e. The van der Waals surface area contributed by atoms with E-state index in [1.54, 1.807) is 6.92 Å². The molecule has 3 heterocycles. The minimum absolute atomic E-state index is 0.00828. The Morgan fingerprint density at radius 1 is 1.18 bits per heavy atom. The number of likely N-dealkylation sites (N-methyl/N-ethyl adjacent to an activating group) is 1. The topological polar surface area (TPSA) is 132 Å². The number of ether oxygens (including phenoxy) is 2. The lowest BCUT2D eigenvalue weighted by molar-refractivity contribution is -0.124. The number of piperazine rings is 1. The molecule has 1 fully saturated rings. The van der Waals surface area contributed by atoms with Gasteiger partial charge in [-0.25, -0.2) is 0 Å². The molecule has 3 aliphatic heterocycles. The maximum atomic E-state index is 13.7. The molecule has 1 saturated heterocycles. The quantitative estimate of drug-likeness (QED) is 0.566. The van der Waals surface area contributed by atoms with E-state index in [9.17, 15) is 24.8 Å². The van der Waals surface area contributed by atoms with E-state index in [0.717, 1.165) is 11.1 Å². The molecule has 1 unspecified atom stereocenters. The van der Waals surface area contributed by atoms with Crippen molar-refractivity contribution in [2.45, 2.75) is 63.8 Å². The van der Waals surface area contributed by atoms with E-state index < -0.39 is 23.9 Å². The summed E-state index contributed by atoms with van der Waals surface area (Å²) in [5.74, 6) is -0.518. The van der Waals surface area contributed by atoms with Crippen LogP contribution in [-0.4, -0.2) is 84.4 Å². The lowest BCUT2D eigenvalue weighted by atomic mass is 9.69. The van der Waals surface area contributed by atoms with Crippen molar-refractivity contribution < 1.29 is 29.0 Å². The average Bonchev–Trinajstić information content (AvgIpc) is 2.86. The van der Waals surface area contributed by atoms with E-state index in [0.29, 0.717) is 23.3 Å². The molecule has 2 N–H and O–H groups in total. The third-order valence-electron chi connectivity index (χ3n) is 8.61. The van der Waals surface area contributed by atoms with Crippen molar-refractivity contribution in [3.8, 4) is 17.6 Å². The lowest BCUT2D eigenvalue weighted by Crippen LogP contribution is -2.71. The molecule has 1 aromatic carbocycles. The van der Waals surface area contributed by atoms with Gasteiger partial charge in [0.15, 0.2) is 23.0 Å². The van der Waals surface area contributed by atoms with Gasteiger partial charge in [-0.1, -0.05) is 6.07 Å². The van der Waals surface area contributed by atoms with Crippen LogP contribution in [0.1, 0.15) is 43.0 Å². The summed E-state index contributed by atoms with van der Waals surface area (Å²) in [6.07, 6.45) is 0.718. The number of aromatic hydroxyl groups is 1. The highest BCUT2D eigenvalue weighted by molar-refractivity contribution is 6.25. The molecule has 1 aromatic rings. The number of carbonyl (C=O) groups excluding carboxylic acids is 3. The maximum absolute atomic E-state index is 13.7. The number of amides is 1. The number of benzene rings is 1. The van der Waals surface area contributed by atoms with Gasteiger partial charge in [0.25, 0.3) is 0 Å². The Hall–Kier alpha value is -3.68. The Labute approximate surface area is 221 Å². The Kier molecular flexibility index (Phi) is 6.32. The van der Waals surface area contributed by atoms with Crippen molar-refractivity contribution >= 4 is 17.5 Å². The molecule has 0 radical (unpaired) electrons. The van der Waals surface area contributed by atoms with Crippen LogP contribution in [0, 0.1) is 18.3 Å². The summed E-state index contributed by atoms with van der Waals surface area (Å²) in [6, 6.07) is 2.07. The summed E-state index contributed by atoms with van der Waals surface area (Å²) in [5.41, 5.74) is 3.34. The van der Waals surface area contributed by atoms with E-state index in [-0.39, 0.29) is 59.4 Å². The monoisotopic (exact) mass is 520 g/mol. The second kappa shape index (κ2) is 9.26. The normalized spacial score (nSPS) is 28.8. The van der Waals surface area contributed by atoms with Gasteiger partial charge in [0.2, 0.25) is 11.7 Å². The number of ketones is 2. The van der Waals surface area contributed by atoms with Crippen molar-refractivity contribution in [3.63, 3.8) is 0 Å². The summed E-state index contributed by atoms with van der Waals surface area (Å²) >= 11 is 0. The van der Waals surface area contributed by atoms with E-state index in [1.165, 1.54) is 21.1 Å². The second-order valence-corrected chi connectivity index (χ2v) is 10.5. The number of fused-ring (bicyclic) bond motifs is 6. The zero-order chi connectivity index (χ0) is 27.6. The first kappa shape index (κ1) is 25.9. The fourth-order valence-corrected chi connectivity index (χ4v) is 7.05. The molecule has 0 aromatic heterocycles. The molecular formula is C28H32N4O6. The highest BCUT2D eigenvalue weighted by Gasteiger charge is 2.57. The number of phenols is 1. The fourth-order valence-electron chi connectivity index (χ4n) is 7.05. The van der Waals surface area contributed by atoms with Gasteiger partial charge >= 0.3 is 0 Å². The molecule has 4 aliphatic rings. The van der Waals surface area contributed by atoms with Gasteiger partial charge in [-0.15, -0.1) is 0 Å². The van der Waals surface area contributed by atoms with Gasteiger partial charge in [-0.05, 0) is 44.9 Å². The van der Waals surface area contributed by atoms with Crippen LogP contribution in [0.25, 0.3) is 0 Å². The van der Waals surface area contributed by atoms with Crippen molar-refractivity contribution in [1.82, 2.24) is 15.1 Å². The summed E-state index contributed by atoms with van der Waals surface area (Å²) in [5, 5.41) is 24.7. The summed E-state index contributed by atoms with van der Waals surface area (Å²) < 4.78 is 10.9. The smallest absolute Gasteiger partial charge is 0.226 e. The third-order valence-corrected chi connectivity index (χ3v) is 8.61. The van der Waals surface area contributed by atoms with Gasteiger partial charge in [-0.2, -0.15) is 5.26 Å². The fraction of sp³-hybridized carbons (Fsp3) is 0.500. The van der Waals surface area contributed by atoms with Crippen LogP contribution >= 0.6 is 0 Å². The Morgan fingerprint density at radius 2 is 1.89 bits per heavy atom. The third kappa shape index (κ3) is 3.49. The van der Waals surface area contributed by atoms with Crippen LogP contribution in [0.2, 0.25) is 0 Å². The molecule has 1 amide bonds. The molecule has 1 aliphatic carbocycles. The zero-order valence-corrected chi connectivity index (χ0v) is 22.4. The predicted octanol–water partition coefficient (Wildman–Crippen LogP) is 1.46. The van der Waals surface area contributed by atoms with Crippen LogP contribution in [0.3, 0.4) is 0 Å². The van der Waals surface area contributed by atoms with Crippen LogP contribution in [0.4, 0.5) is 0 Å². The number of aryl methyl sites for hydroxylation is 1. The molecule has 2 bridgehead atoms. The van der Waals surface area contributed by atoms with E-state index >= 15 is 0 Å². The van der Waals surface area contributed by atoms with Crippen LogP contribution in [-0.2, 0) is 25.5 Å². The average molecular weight is 521 g/mol. The first-order valence-electron chi connectivity index (χ1n) is 12.7. The SMILES string of the molecule is COC1=C(C)C(=O)C2=C(C1=O)C(CNC(C)=O)N1[C@@H](C#N)[C@H]3Cc4cc(C)c(OC)c(O)c4[C@H]([C@@H]1C2)N3C. The predicted molar refractivity (Wildman–Crippen MR) is 136 cm³/mol. The van der Waals surface area contributed by atoms with Gasteiger partial charge in [0.05, 0.1) is 32.4 Å². The van der Waals surface area contributed by atoms with Crippen molar-refractivity contribution in [1.29, 1.82) is 5.26 Å². The van der Waals surface area contributed by atoms with Gasteiger partial charge in [0, 0.05) is 47.8 Å². The van der Waals surface area contributed by atoms with E-state index in [1.807, 2.05) is 24.9 Å². The number of methoxy groups -OCH3 is 2. The molecule has 0 spiro atoms. The number of rotatable bonds is 4. The zero-order valence-electron chi connectivity index (χ0n) is 22.4. The van der Waals surface area contributed by atoms with Crippen LogP contribution < -0.4 is 10.1 Å². The molecule has 5 atom stereocenters. The van der Waals surface area contributed by atoms with E-state index in [2.05, 4.69) is 16.3 Å². The minimum atomic E-state index is -0.721. The first-order chi connectivity index (χ1) is 18.1. The Morgan fingerprint density at radius 3 is 2.50 bits per heavy atom. The lowest BCUT2D eigenvalue weighted by Gasteiger charge is -2.60. The van der Waals surface area contributed by atoms with Gasteiger partial charge in [0.1, 0.15) is 6.04 Å². The number of hydrogen-bond acceptors (Lipinski definition) is 9. The number of nitrogens with zero attached hydrogens (tertiary/aromatic N) is 3. The van der Waals surface area contributed by atoms with Crippen molar-refractivity contribution in [3.05, 3.63) is 45.2 Å². The number of Topliss-reactive ketones (excluding diaryl/α,β-unsaturated/α-hetero) is 2. The number of nitriles is 1. The molecule has 10 heteroatoms. The molecule has 0 saturated carbocycles. The number of allylic oxidation sites excluding steroid dienone is 2. The number of phenolic OH excluding ortho intramolecular Hbond substituents is 1. The summed E-state index contributed by atoms with van der Waals surface area (Å²) in [4.78, 5) is 43.3. The standard InChI is InChI=1S/C28H32N4O6/c1-12-7-15-8-17-19(10-29)32-18(23(31(17)4)21(15)25(35)27(12)37-5)9-16-22(20(32)11-30-14(3)33)26(36)28(38-6)13(2)24(16)34/h7,17-20,23,35H,8-9,11H2,1-6H3,(H,30,33)/t17-,18+,19+,20?,23+/m1/s1. The highest BCUT2D eigenvalue weighted by atomic mass is 16.5. The van der Waals surface area contributed by atoms with Crippen molar-refractivity contribution in [2.24, 2.45) is 0 Å². The minimum Gasteiger partial charge on any atom is -0.504 e. The Balaban J connectivity index is 1.74. The molecule has 200 valence electrons. The van der Waals surface area contributed by atoms with Gasteiger partial charge < -0.3 is 19.9 Å². The molecule has 10 nitrogen and oxygen atoms in total. The molecule has 5 rings (SSSR count).